The van der Waals surface area contributed by atoms with Gasteiger partial charge in [-0.3, -0.25) is 0 Å². The van der Waals surface area contributed by atoms with Gasteiger partial charge in [-0.25, -0.2) is 4.98 Å². The summed E-state index contributed by atoms with van der Waals surface area (Å²) in [7, 11) is 0. The largest absolute Gasteiger partial charge is 2.00 e. The standard InChI is InChI=1S/C59H60N4O.Pt/c1-38-17-14-22-52-55(38)62(45-19-15-18-41(33-45)56(2,3)4)37-61(52)46-20-16-21-47(35-46)64-48-24-25-49-50-31-39(40-29-43(58(8,9)10)32-44(30-40)59(11,12)13)23-26-51(50)63(53(49)36-48)54-34-42(27-28-60-54)57(5,6)7;/h14-34H,1-13H3;/q;+2/i1D3;. The van der Waals surface area contributed by atoms with Crippen LogP contribution in [0.2, 0.25) is 0 Å². The number of aryl methyl sites for hydroxylation is 1. The van der Waals surface area contributed by atoms with Crippen LogP contribution < -0.4 is 13.9 Å². The van der Waals surface area contributed by atoms with Crippen LogP contribution in [0, 0.1) is 19.0 Å². The Bertz CT molecular complexity index is 3310. The van der Waals surface area contributed by atoms with E-state index in [0.717, 1.165) is 44.4 Å². The molecule has 0 amide bonds. The van der Waals surface area contributed by atoms with Crippen molar-refractivity contribution in [2.75, 3.05) is 0 Å². The van der Waals surface area contributed by atoms with E-state index in [0.29, 0.717) is 28.6 Å². The molecule has 5 nitrogen and oxygen atoms in total. The van der Waals surface area contributed by atoms with Crippen molar-refractivity contribution in [1.29, 1.82) is 0 Å². The molecule has 65 heavy (non-hydrogen) atoms. The van der Waals surface area contributed by atoms with Gasteiger partial charge in [-0.1, -0.05) is 160 Å². The number of nitrogens with zero attached hydrogens (tertiary/aromatic N) is 4. The van der Waals surface area contributed by atoms with Crippen molar-refractivity contribution in [3.05, 3.63) is 167 Å². The summed E-state index contributed by atoms with van der Waals surface area (Å²) >= 11 is 0. The molecule has 2 aromatic heterocycles. The Balaban J connectivity index is 0.00000625. The van der Waals surface area contributed by atoms with Crippen LogP contribution in [0.3, 0.4) is 0 Å². The summed E-state index contributed by atoms with van der Waals surface area (Å²) in [5.74, 6) is 1.80. The molecular weight excluding hydrogens is 976 g/mol. The maximum atomic E-state index is 8.49. The summed E-state index contributed by atoms with van der Waals surface area (Å²) in [5.41, 5.74) is 11.9. The SMILES string of the molecule is [2H]C([2H])([2H])c1cccc2c1[N+](c1cccc(C(C)(C)C)c1)=C=[N+]2c1[c-]c(Oc2[c-]c3c(cc2)c2cc(-c4cc(C(C)(C)C)cc(C(C)(C)C)c4)ccc2n3-c2cc(C(C)(C)C)ccn2)ccc1.[Pt+2]. The average molecular weight is 1040 g/mol. The van der Waals surface area contributed by atoms with Gasteiger partial charge in [0.2, 0.25) is 5.69 Å². The Kier molecular flexibility index (Phi) is 10.6. The van der Waals surface area contributed by atoms with Gasteiger partial charge >= 0.3 is 32.8 Å². The number of hydrogen-bond donors (Lipinski definition) is 0. The van der Waals surface area contributed by atoms with Crippen LogP contribution in [-0.2, 0) is 42.7 Å². The van der Waals surface area contributed by atoms with Gasteiger partial charge in [0.05, 0.1) is 0 Å². The summed E-state index contributed by atoms with van der Waals surface area (Å²) in [5, 5.41) is 2.13. The van der Waals surface area contributed by atoms with Crippen molar-refractivity contribution in [1.82, 2.24) is 18.7 Å². The third-order valence-corrected chi connectivity index (χ3v) is 12.4. The van der Waals surface area contributed by atoms with E-state index < -0.39 is 6.85 Å². The summed E-state index contributed by atoms with van der Waals surface area (Å²) in [6.45, 7) is 24.5. The molecule has 0 aliphatic carbocycles. The fourth-order valence-electron chi connectivity index (χ4n) is 8.45. The normalized spacial score (nSPS) is 14.0. The molecule has 0 atom stereocenters. The maximum Gasteiger partial charge on any atom is 2.00 e. The first kappa shape index (κ1) is 41.8. The Hall–Kier alpha value is -5.86. The van der Waals surface area contributed by atoms with E-state index in [4.69, 9.17) is 13.8 Å². The van der Waals surface area contributed by atoms with Crippen LogP contribution >= 0.6 is 0 Å². The summed E-state index contributed by atoms with van der Waals surface area (Å²) < 4.78 is 38.1. The molecule has 3 heterocycles. The fourth-order valence-corrected chi connectivity index (χ4v) is 8.45. The molecule has 0 saturated heterocycles. The summed E-state index contributed by atoms with van der Waals surface area (Å²) in [6, 6.07) is 52.1. The summed E-state index contributed by atoms with van der Waals surface area (Å²) in [6.07, 6.45) is 1.89. The molecule has 6 heteroatoms. The Morgan fingerprint density at radius 2 is 1.25 bits per heavy atom. The van der Waals surface area contributed by atoms with Crippen molar-refractivity contribution >= 4 is 50.6 Å². The van der Waals surface area contributed by atoms with Crippen LogP contribution in [0.4, 0.5) is 22.7 Å². The minimum atomic E-state index is -2.35. The zero-order valence-electron chi connectivity index (χ0n) is 42.6. The van der Waals surface area contributed by atoms with Crippen molar-refractivity contribution in [3.8, 4) is 28.4 Å². The number of fused-ring (bicyclic) bond motifs is 4. The zero-order valence-corrected chi connectivity index (χ0v) is 41.9. The second kappa shape index (κ2) is 16.5. The van der Waals surface area contributed by atoms with Gasteiger partial charge < -0.3 is 9.30 Å². The number of para-hydroxylation sites is 1. The predicted molar refractivity (Wildman–Crippen MR) is 269 cm³/mol. The quantitative estimate of drug-likeness (QED) is 0.123. The molecule has 0 unspecified atom stereocenters. The van der Waals surface area contributed by atoms with Crippen LogP contribution in [0.25, 0.3) is 38.8 Å². The molecule has 1 aliphatic heterocycles. The van der Waals surface area contributed by atoms with Gasteiger partial charge in [0.15, 0.2) is 0 Å². The van der Waals surface area contributed by atoms with E-state index in [2.05, 4.69) is 173 Å². The number of pyridine rings is 1. The van der Waals surface area contributed by atoms with E-state index in [1.165, 1.54) is 22.3 Å². The van der Waals surface area contributed by atoms with Gasteiger partial charge in [-0.15, -0.1) is 23.6 Å². The molecule has 0 bridgehead atoms. The molecule has 9 rings (SSSR count). The molecule has 6 aromatic carbocycles. The van der Waals surface area contributed by atoms with Gasteiger partial charge in [-0.2, -0.15) is 12.1 Å². The van der Waals surface area contributed by atoms with Gasteiger partial charge in [0, 0.05) is 51.1 Å². The van der Waals surface area contributed by atoms with Gasteiger partial charge in [-0.05, 0) is 90.1 Å². The van der Waals surface area contributed by atoms with Crippen LogP contribution in [0.1, 0.15) is 115 Å². The first-order chi connectivity index (χ1) is 31.3. The second-order valence-corrected chi connectivity index (χ2v) is 21.4. The van der Waals surface area contributed by atoms with Crippen molar-refractivity contribution in [2.45, 2.75) is 112 Å². The molecule has 0 saturated carbocycles. The second-order valence-electron chi connectivity index (χ2n) is 21.4. The molecule has 0 radical (unpaired) electrons. The number of ether oxygens (including phenoxy) is 1. The van der Waals surface area contributed by atoms with Gasteiger partial charge in [0.25, 0.3) is 5.69 Å². The molecule has 330 valence electrons. The first-order valence-corrected chi connectivity index (χ1v) is 22.3. The topological polar surface area (TPSA) is 33.1 Å². The molecule has 0 spiro atoms. The van der Waals surface area contributed by atoms with E-state index in [9.17, 15) is 0 Å². The van der Waals surface area contributed by atoms with Crippen molar-refractivity contribution < 1.29 is 29.9 Å². The smallest absolute Gasteiger partial charge is 0.509 e. The Labute approximate surface area is 404 Å². The molecular formula is C59H60N4OPt+2. The first-order valence-electron chi connectivity index (χ1n) is 23.8. The minimum Gasteiger partial charge on any atom is -0.509 e. The summed E-state index contributed by atoms with van der Waals surface area (Å²) in [4.78, 5) is 4.95. The van der Waals surface area contributed by atoms with Crippen molar-refractivity contribution in [3.63, 3.8) is 0 Å². The maximum absolute atomic E-state index is 8.49. The Morgan fingerprint density at radius 1 is 0.585 bits per heavy atom. The predicted octanol–water partition coefficient (Wildman–Crippen LogP) is 15.6. The molecule has 1 aliphatic rings. The van der Waals surface area contributed by atoms with E-state index in [1.807, 2.05) is 57.8 Å². The molecule has 0 fully saturated rings. The molecule has 0 N–H and O–H groups in total. The van der Waals surface area contributed by atoms with E-state index in [1.54, 1.807) is 12.1 Å². The van der Waals surface area contributed by atoms with E-state index >= 15 is 0 Å². The average Bonchev–Trinajstić information content (AvgIpc) is 3.81. The minimum absolute atomic E-state index is 0. The number of rotatable bonds is 6. The number of aromatic nitrogens is 2. The third kappa shape index (κ3) is 8.82. The Morgan fingerprint density at radius 3 is 1.94 bits per heavy atom. The van der Waals surface area contributed by atoms with Crippen LogP contribution in [0.5, 0.6) is 11.5 Å². The van der Waals surface area contributed by atoms with E-state index in [-0.39, 0.29) is 48.3 Å². The van der Waals surface area contributed by atoms with Crippen molar-refractivity contribution in [2.24, 2.45) is 0 Å². The van der Waals surface area contributed by atoms with Gasteiger partial charge in [0.1, 0.15) is 11.5 Å². The fraction of sp³-hybridized carbons (Fsp3) is 0.288. The zero-order chi connectivity index (χ0) is 48.0. The molecule has 8 aromatic rings. The van der Waals surface area contributed by atoms with Crippen LogP contribution in [-0.4, -0.2) is 15.6 Å². The monoisotopic (exact) mass is 1040 g/mol. The third-order valence-electron chi connectivity index (χ3n) is 12.4. The number of hydrogen-bond acceptors (Lipinski definition) is 2. The van der Waals surface area contributed by atoms with Crippen LogP contribution in [0.15, 0.2) is 128 Å². The number of benzene rings is 6.